The number of carbonyl (C=O) groups excluding carboxylic acids is 1. The lowest BCUT2D eigenvalue weighted by molar-refractivity contribution is -0.120. The summed E-state index contributed by atoms with van der Waals surface area (Å²) in [6.07, 6.45) is 0.699. The molecule has 0 bridgehead atoms. The lowest BCUT2D eigenvalue weighted by atomic mass is 10.0. The van der Waals surface area contributed by atoms with Gasteiger partial charge in [0.2, 0.25) is 5.91 Å². The molecule has 0 saturated carbocycles. The van der Waals surface area contributed by atoms with Crippen LogP contribution in [0.5, 0.6) is 0 Å². The second-order valence-electron chi connectivity index (χ2n) is 7.60. The molecule has 5 nitrogen and oxygen atoms in total. The second kappa shape index (κ2) is 9.79. The number of benzene rings is 3. The number of hydrogen-bond donors (Lipinski definition) is 1. The Morgan fingerprint density at radius 1 is 0.871 bits per heavy atom. The Labute approximate surface area is 184 Å². The highest BCUT2D eigenvalue weighted by Crippen LogP contribution is 2.24. The molecule has 31 heavy (non-hydrogen) atoms. The van der Waals surface area contributed by atoms with Crippen molar-refractivity contribution < 1.29 is 13.2 Å². The fraction of sp³-hybridized carbons (Fsp3) is 0.240. The highest BCUT2D eigenvalue weighted by Gasteiger charge is 2.27. The van der Waals surface area contributed by atoms with E-state index in [-0.39, 0.29) is 23.4 Å². The van der Waals surface area contributed by atoms with E-state index in [0.717, 1.165) is 16.7 Å². The first-order valence-corrected chi connectivity index (χ1v) is 11.8. The molecule has 162 valence electrons. The second-order valence-corrected chi connectivity index (χ2v) is 9.46. The number of nitrogens with zero attached hydrogens (tertiary/aromatic N) is 1. The molecule has 0 saturated heterocycles. The normalized spacial score (nSPS) is 12.2. The van der Waals surface area contributed by atoms with Crippen molar-refractivity contribution in [3.05, 3.63) is 95.6 Å². The molecule has 3 aromatic carbocycles. The summed E-state index contributed by atoms with van der Waals surface area (Å²) in [5.74, 6) is -0.354. The van der Waals surface area contributed by atoms with E-state index in [1.807, 2.05) is 57.2 Å². The lowest BCUT2D eigenvalue weighted by Gasteiger charge is -2.26. The van der Waals surface area contributed by atoms with Crippen LogP contribution in [0.15, 0.2) is 83.8 Å². The van der Waals surface area contributed by atoms with E-state index in [4.69, 9.17) is 0 Å². The molecule has 0 radical (unpaired) electrons. The topological polar surface area (TPSA) is 66.5 Å². The van der Waals surface area contributed by atoms with Crippen LogP contribution in [-0.4, -0.2) is 20.9 Å². The van der Waals surface area contributed by atoms with Gasteiger partial charge in [-0.25, -0.2) is 8.42 Å². The first kappa shape index (κ1) is 22.6. The number of sulfonamides is 1. The van der Waals surface area contributed by atoms with E-state index in [2.05, 4.69) is 5.32 Å². The summed E-state index contributed by atoms with van der Waals surface area (Å²) < 4.78 is 27.9. The predicted molar refractivity (Wildman–Crippen MR) is 125 cm³/mol. The van der Waals surface area contributed by atoms with E-state index in [1.54, 1.807) is 30.3 Å². The van der Waals surface area contributed by atoms with Crippen molar-refractivity contribution in [1.29, 1.82) is 0 Å². The van der Waals surface area contributed by atoms with Crippen LogP contribution < -0.4 is 9.62 Å². The Hall–Kier alpha value is -3.12. The molecule has 1 amide bonds. The third-order valence-electron chi connectivity index (χ3n) is 5.16. The van der Waals surface area contributed by atoms with Gasteiger partial charge in [0.05, 0.1) is 16.6 Å². The first-order chi connectivity index (χ1) is 14.8. The van der Waals surface area contributed by atoms with Gasteiger partial charge in [-0.1, -0.05) is 72.6 Å². The molecule has 3 aromatic rings. The molecular weight excluding hydrogens is 408 g/mol. The number of hydrogen-bond acceptors (Lipinski definition) is 3. The largest absolute Gasteiger partial charge is 0.348 e. The van der Waals surface area contributed by atoms with Gasteiger partial charge in [0.1, 0.15) is 6.54 Å². The van der Waals surface area contributed by atoms with Gasteiger partial charge in [-0.3, -0.25) is 9.10 Å². The molecule has 0 aliphatic heterocycles. The van der Waals surface area contributed by atoms with E-state index >= 15 is 0 Å². The summed E-state index contributed by atoms with van der Waals surface area (Å²) in [5, 5.41) is 2.99. The van der Waals surface area contributed by atoms with Crippen molar-refractivity contribution >= 4 is 21.6 Å². The minimum absolute atomic E-state index is 0.147. The number of nitrogens with one attached hydrogen (secondary N) is 1. The van der Waals surface area contributed by atoms with Crippen LogP contribution in [0.2, 0.25) is 0 Å². The van der Waals surface area contributed by atoms with Crippen LogP contribution in [0.1, 0.15) is 36.1 Å². The molecule has 1 N–H and O–H groups in total. The maximum Gasteiger partial charge on any atom is 0.264 e. The number of anilines is 1. The molecule has 1 atom stereocenters. The summed E-state index contributed by atoms with van der Waals surface area (Å²) in [7, 11) is -3.90. The monoisotopic (exact) mass is 436 g/mol. The van der Waals surface area contributed by atoms with Gasteiger partial charge in [0.15, 0.2) is 0 Å². The molecule has 0 aromatic heterocycles. The van der Waals surface area contributed by atoms with E-state index < -0.39 is 10.0 Å². The number of aryl methyl sites for hydroxylation is 2. The lowest BCUT2D eigenvalue weighted by Crippen LogP contribution is -2.42. The molecule has 0 aliphatic carbocycles. The van der Waals surface area contributed by atoms with Gasteiger partial charge in [-0.2, -0.15) is 0 Å². The summed E-state index contributed by atoms with van der Waals surface area (Å²) >= 11 is 0. The minimum atomic E-state index is -3.90. The smallest absolute Gasteiger partial charge is 0.264 e. The summed E-state index contributed by atoms with van der Waals surface area (Å²) in [6.45, 7) is 5.63. The Kier molecular flexibility index (Phi) is 7.13. The molecule has 6 heteroatoms. The maximum absolute atomic E-state index is 13.4. The molecule has 0 unspecified atom stereocenters. The van der Waals surface area contributed by atoms with E-state index in [1.165, 1.54) is 16.4 Å². The fourth-order valence-electron chi connectivity index (χ4n) is 3.34. The zero-order valence-electron chi connectivity index (χ0n) is 18.1. The molecule has 0 aliphatic rings. The third kappa shape index (κ3) is 5.52. The third-order valence-corrected chi connectivity index (χ3v) is 6.95. The Balaban J connectivity index is 1.88. The van der Waals surface area contributed by atoms with Gasteiger partial charge < -0.3 is 5.32 Å². The van der Waals surface area contributed by atoms with Crippen LogP contribution in [0, 0.1) is 13.8 Å². The summed E-state index contributed by atoms with van der Waals surface area (Å²) in [6, 6.07) is 23.1. The predicted octanol–water partition coefficient (Wildman–Crippen LogP) is 4.77. The first-order valence-electron chi connectivity index (χ1n) is 10.3. The molecule has 0 fully saturated rings. The van der Waals surface area contributed by atoms with Gasteiger partial charge in [-0.05, 0) is 50.1 Å². The van der Waals surface area contributed by atoms with Gasteiger partial charge in [0.25, 0.3) is 10.0 Å². The summed E-state index contributed by atoms with van der Waals surface area (Å²) in [4.78, 5) is 13.1. The van der Waals surface area contributed by atoms with Crippen LogP contribution >= 0.6 is 0 Å². The Bertz CT molecular complexity index is 1110. The van der Waals surface area contributed by atoms with E-state index in [0.29, 0.717) is 12.1 Å². The highest BCUT2D eigenvalue weighted by atomic mass is 32.2. The van der Waals surface area contributed by atoms with Crippen molar-refractivity contribution in [2.45, 2.75) is 38.1 Å². The summed E-state index contributed by atoms with van der Waals surface area (Å²) in [5.41, 5.74) is 3.60. The fourth-order valence-corrected chi connectivity index (χ4v) is 4.78. The SMILES string of the molecule is CC[C@@H](NC(=O)CN(c1ccc(C)cc1)S(=O)(=O)c1ccccc1)c1ccc(C)cc1. The molecular formula is C25H28N2O3S. The average Bonchev–Trinajstić information content (AvgIpc) is 2.78. The van der Waals surface area contributed by atoms with Crippen molar-refractivity contribution in [3.8, 4) is 0 Å². The van der Waals surface area contributed by atoms with Gasteiger partial charge in [-0.15, -0.1) is 0 Å². The zero-order chi connectivity index (χ0) is 22.4. The highest BCUT2D eigenvalue weighted by molar-refractivity contribution is 7.92. The van der Waals surface area contributed by atoms with E-state index in [9.17, 15) is 13.2 Å². The number of carbonyl (C=O) groups is 1. The zero-order valence-corrected chi connectivity index (χ0v) is 18.9. The van der Waals surface area contributed by atoms with Crippen molar-refractivity contribution in [2.24, 2.45) is 0 Å². The maximum atomic E-state index is 13.4. The van der Waals surface area contributed by atoms with Crippen LogP contribution in [0.4, 0.5) is 5.69 Å². The molecule has 3 rings (SSSR count). The molecule has 0 heterocycles. The van der Waals surface area contributed by atoms with Gasteiger partial charge >= 0.3 is 0 Å². The van der Waals surface area contributed by atoms with Crippen LogP contribution in [0.3, 0.4) is 0 Å². The minimum Gasteiger partial charge on any atom is -0.348 e. The average molecular weight is 437 g/mol. The van der Waals surface area contributed by atoms with Crippen molar-refractivity contribution in [1.82, 2.24) is 5.32 Å². The van der Waals surface area contributed by atoms with Gasteiger partial charge in [0, 0.05) is 0 Å². The quantitative estimate of drug-likeness (QED) is 0.553. The van der Waals surface area contributed by atoms with Crippen LogP contribution in [-0.2, 0) is 14.8 Å². The van der Waals surface area contributed by atoms with Crippen molar-refractivity contribution in [3.63, 3.8) is 0 Å². The number of amides is 1. The Morgan fingerprint density at radius 3 is 1.97 bits per heavy atom. The van der Waals surface area contributed by atoms with Crippen LogP contribution in [0.25, 0.3) is 0 Å². The standard InChI is InChI=1S/C25H28N2O3S/c1-4-24(21-14-10-19(2)11-15-21)26-25(28)18-27(22-16-12-20(3)13-17-22)31(29,30)23-8-6-5-7-9-23/h5-17,24H,4,18H2,1-3H3,(H,26,28)/t24-/m1/s1. The Morgan fingerprint density at radius 2 is 1.42 bits per heavy atom. The molecule has 0 spiro atoms. The van der Waals surface area contributed by atoms with Crippen molar-refractivity contribution in [2.75, 3.05) is 10.8 Å². The number of rotatable bonds is 8.